The lowest BCUT2D eigenvalue weighted by Gasteiger charge is -2.21. The molecule has 5 rings (SSSR count). The van der Waals surface area contributed by atoms with Gasteiger partial charge in [0, 0.05) is 17.7 Å². The van der Waals surface area contributed by atoms with Crippen LogP contribution in [0.2, 0.25) is 0 Å². The second-order valence-electron chi connectivity index (χ2n) is 11.0. The number of urea groups is 1. The normalized spacial score (nSPS) is 15.1. The van der Waals surface area contributed by atoms with E-state index >= 15 is 0 Å². The minimum atomic E-state index is -4.41. The van der Waals surface area contributed by atoms with Crippen LogP contribution >= 0.6 is 11.8 Å². The van der Waals surface area contributed by atoms with Crippen LogP contribution in [0.3, 0.4) is 0 Å². The molecule has 0 aliphatic carbocycles. The quantitative estimate of drug-likeness (QED) is 0.197. The Kier molecular flexibility index (Phi) is 9.77. The molecule has 1 saturated heterocycles. The zero-order valence-corrected chi connectivity index (χ0v) is 26.3. The number of amidine groups is 1. The van der Waals surface area contributed by atoms with E-state index < -0.39 is 17.8 Å². The van der Waals surface area contributed by atoms with E-state index in [9.17, 15) is 22.8 Å². The number of anilines is 1. The van der Waals surface area contributed by atoms with Crippen LogP contribution in [0.5, 0.6) is 5.75 Å². The summed E-state index contributed by atoms with van der Waals surface area (Å²) in [6.45, 7) is 6.04. The number of alkyl halides is 3. The first-order chi connectivity index (χ1) is 21.9. The van der Waals surface area contributed by atoms with Gasteiger partial charge in [0.2, 0.25) is 5.91 Å². The summed E-state index contributed by atoms with van der Waals surface area (Å²) in [5.74, 6) is 1.34. The van der Waals surface area contributed by atoms with Crippen LogP contribution < -0.4 is 20.5 Å². The number of carbonyl (C=O) groups excluding carboxylic acids is 2. The average Bonchev–Trinajstić information content (AvgIpc) is 3.67. The van der Waals surface area contributed by atoms with Gasteiger partial charge >= 0.3 is 12.2 Å². The van der Waals surface area contributed by atoms with Crippen molar-refractivity contribution in [2.75, 3.05) is 17.8 Å². The summed E-state index contributed by atoms with van der Waals surface area (Å²) in [5, 5.41) is 4.67. The zero-order valence-electron chi connectivity index (χ0n) is 25.5. The Morgan fingerprint density at radius 3 is 2.43 bits per heavy atom. The first kappa shape index (κ1) is 32.7. The largest absolute Gasteiger partial charge is 0.497 e. The van der Waals surface area contributed by atoms with Crippen molar-refractivity contribution in [2.45, 2.75) is 39.4 Å². The number of carbonyl (C=O) groups is 2. The highest BCUT2D eigenvalue weighted by Crippen LogP contribution is 2.34. The highest BCUT2D eigenvalue weighted by molar-refractivity contribution is 8.15. The number of halogens is 3. The van der Waals surface area contributed by atoms with Crippen molar-refractivity contribution in [3.8, 4) is 22.8 Å². The maximum absolute atomic E-state index is 12.9. The lowest BCUT2D eigenvalue weighted by Crippen LogP contribution is -2.39. The maximum atomic E-state index is 12.9. The van der Waals surface area contributed by atoms with Crippen LogP contribution in [0.25, 0.3) is 17.1 Å². The number of methoxy groups -OCH3 is 1. The van der Waals surface area contributed by atoms with Gasteiger partial charge in [0.15, 0.2) is 11.0 Å². The Hall–Kier alpha value is -4.69. The molecule has 0 spiro atoms. The molecule has 1 aliphatic rings. The minimum absolute atomic E-state index is 0.165. The van der Waals surface area contributed by atoms with E-state index in [1.54, 1.807) is 13.2 Å². The average molecular weight is 652 g/mol. The number of hydrogen-bond donors (Lipinski definition) is 2. The molecule has 14 heteroatoms. The number of benzene rings is 3. The molecule has 1 aromatic heterocycles. The lowest BCUT2D eigenvalue weighted by atomic mass is 10.0. The Balaban J connectivity index is 1.22. The summed E-state index contributed by atoms with van der Waals surface area (Å²) >= 11 is 1.19. The third-order valence-corrected chi connectivity index (χ3v) is 8.06. The second-order valence-corrected chi connectivity index (χ2v) is 11.9. The fraction of sp³-hybridized carbons (Fsp3) is 0.281. The van der Waals surface area contributed by atoms with Crippen LogP contribution in [0.1, 0.15) is 43.5 Å². The smallest absolute Gasteiger partial charge is 0.416 e. The highest BCUT2D eigenvalue weighted by Gasteiger charge is 2.33. The summed E-state index contributed by atoms with van der Waals surface area (Å²) in [5.41, 5.74) is 8.40. The molecule has 10 nitrogen and oxygen atoms in total. The number of thioether (sulfide) groups is 1. The third-order valence-electron chi connectivity index (χ3n) is 7.14. The van der Waals surface area contributed by atoms with E-state index in [4.69, 9.17) is 4.74 Å². The summed E-state index contributed by atoms with van der Waals surface area (Å²) in [6.07, 6.45) is -2.24. The molecule has 46 heavy (non-hydrogen) atoms. The standard InChI is InChI=1S/C32H32F3N7O3S/c1-19(2)15-23-9-14-26(45-4)16-27(23)42-28(43)17-46-31(42)37-30(44)39-38-20(3)21-5-7-22(8-6-21)29-36-18-41(40-29)25-12-10-24(11-13-25)32(33,34)35/h5-14,16,18-20,38H,15,17H2,1-4H3,(H,39,44). The number of rotatable bonds is 9. The zero-order chi connectivity index (χ0) is 33.0. The van der Waals surface area contributed by atoms with E-state index in [-0.39, 0.29) is 22.9 Å². The molecule has 1 unspecified atom stereocenters. The van der Waals surface area contributed by atoms with Crippen molar-refractivity contribution >= 4 is 34.6 Å². The van der Waals surface area contributed by atoms with Gasteiger partial charge in [-0.2, -0.15) is 18.2 Å². The Labute approximate surface area is 268 Å². The van der Waals surface area contributed by atoms with Crippen molar-refractivity contribution < 1.29 is 27.5 Å². The fourth-order valence-electron chi connectivity index (χ4n) is 4.78. The maximum Gasteiger partial charge on any atom is 0.416 e. The number of hydrogen-bond acceptors (Lipinski definition) is 7. The Morgan fingerprint density at radius 1 is 1.07 bits per heavy atom. The van der Waals surface area contributed by atoms with Crippen molar-refractivity contribution in [3.05, 3.63) is 89.7 Å². The summed E-state index contributed by atoms with van der Waals surface area (Å²) < 4.78 is 45.4. The van der Waals surface area contributed by atoms with Crippen molar-refractivity contribution in [2.24, 2.45) is 10.9 Å². The van der Waals surface area contributed by atoms with Gasteiger partial charge in [-0.3, -0.25) is 15.1 Å². The van der Waals surface area contributed by atoms with Crippen molar-refractivity contribution in [1.82, 2.24) is 25.6 Å². The molecule has 3 aromatic carbocycles. The fourth-order valence-corrected chi connectivity index (χ4v) is 5.64. The van der Waals surface area contributed by atoms with E-state index in [2.05, 4.69) is 39.8 Å². The minimum Gasteiger partial charge on any atom is -0.497 e. The van der Waals surface area contributed by atoms with Crippen LogP contribution in [0, 0.1) is 5.92 Å². The van der Waals surface area contributed by atoms with Crippen molar-refractivity contribution in [3.63, 3.8) is 0 Å². The first-order valence-electron chi connectivity index (χ1n) is 14.4. The van der Waals surface area contributed by atoms with E-state index in [1.165, 1.54) is 39.8 Å². The molecule has 0 radical (unpaired) electrons. The van der Waals surface area contributed by atoms with Gasteiger partial charge in [0.25, 0.3) is 0 Å². The SMILES string of the molecule is COc1ccc(CC(C)C)c(N2C(=O)CSC2=NC(=O)NNC(C)c2ccc(-c3ncn(-c4ccc(C(F)(F)F)cc4)n3)cc2)c1. The monoisotopic (exact) mass is 651 g/mol. The molecular formula is C32H32F3N7O3S. The van der Waals surface area contributed by atoms with Crippen LogP contribution in [0.15, 0.2) is 78.0 Å². The molecule has 4 aromatic rings. The molecule has 2 N–H and O–H groups in total. The van der Waals surface area contributed by atoms with E-state index in [0.717, 1.165) is 29.7 Å². The molecule has 2 heterocycles. The second kappa shape index (κ2) is 13.7. The third kappa shape index (κ3) is 7.57. The summed E-state index contributed by atoms with van der Waals surface area (Å²) in [7, 11) is 1.56. The molecule has 1 fully saturated rings. The highest BCUT2D eigenvalue weighted by atomic mass is 32.2. The predicted molar refractivity (Wildman–Crippen MR) is 171 cm³/mol. The van der Waals surface area contributed by atoms with Gasteiger partial charge in [-0.15, -0.1) is 5.10 Å². The number of nitrogens with one attached hydrogen (secondary N) is 2. The molecule has 0 bridgehead atoms. The van der Waals surface area contributed by atoms with E-state index in [1.807, 2.05) is 43.3 Å². The molecule has 0 saturated carbocycles. The summed E-state index contributed by atoms with van der Waals surface area (Å²) in [6, 6.07) is 16.6. The molecular weight excluding hydrogens is 619 g/mol. The lowest BCUT2D eigenvalue weighted by molar-refractivity contribution is -0.137. The van der Waals surface area contributed by atoms with Gasteiger partial charge in [0.1, 0.15) is 12.1 Å². The van der Waals surface area contributed by atoms with Crippen molar-refractivity contribution in [1.29, 1.82) is 0 Å². The topological polar surface area (TPSA) is 114 Å². The summed E-state index contributed by atoms with van der Waals surface area (Å²) in [4.78, 5) is 35.6. The van der Waals surface area contributed by atoms with Gasteiger partial charge in [-0.05, 0) is 60.7 Å². The molecule has 1 aliphatic heterocycles. The number of aliphatic imine (C=N–C) groups is 1. The molecule has 1 atom stereocenters. The Morgan fingerprint density at radius 2 is 1.78 bits per heavy atom. The first-order valence-corrected chi connectivity index (χ1v) is 15.4. The van der Waals surface area contributed by atoms with Gasteiger partial charge in [0.05, 0.1) is 29.8 Å². The Bertz CT molecular complexity index is 1740. The van der Waals surface area contributed by atoms with Gasteiger partial charge in [-0.1, -0.05) is 55.9 Å². The number of amides is 3. The number of ether oxygens (including phenoxy) is 1. The predicted octanol–water partition coefficient (Wildman–Crippen LogP) is 6.57. The van der Waals surface area contributed by atoms with Gasteiger partial charge in [-0.25, -0.2) is 19.9 Å². The molecule has 240 valence electrons. The number of nitrogens with zero attached hydrogens (tertiary/aromatic N) is 5. The van der Waals surface area contributed by atoms with E-state index in [0.29, 0.717) is 34.4 Å². The van der Waals surface area contributed by atoms with Crippen LogP contribution in [-0.4, -0.2) is 44.7 Å². The number of aromatic nitrogens is 3. The van der Waals surface area contributed by atoms with Crippen LogP contribution in [-0.2, 0) is 17.4 Å². The molecule has 3 amide bonds. The van der Waals surface area contributed by atoms with Crippen LogP contribution in [0.4, 0.5) is 23.7 Å². The number of hydrazine groups is 1. The van der Waals surface area contributed by atoms with Gasteiger partial charge < -0.3 is 4.74 Å².